The summed E-state index contributed by atoms with van der Waals surface area (Å²) in [4.78, 5) is 0. The van der Waals surface area contributed by atoms with E-state index < -0.39 is 11.6 Å². The van der Waals surface area contributed by atoms with Crippen LogP contribution in [0.1, 0.15) is 17.2 Å². The lowest BCUT2D eigenvalue weighted by Gasteiger charge is -2.13. The van der Waals surface area contributed by atoms with Crippen LogP contribution >= 0.6 is 23.2 Å². The maximum atomic E-state index is 13.1. The van der Waals surface area contributed by atoms with Crippen LogP contribution in [0.3, 0.4) is 0 Å². The number of nitrogens with two attached hydrogens (primary N) is 1. The van der Waals surface area contributed by atoms with Crippen LogP contribution in [0.2, 0.25) is 10.0 Å². The van der Waals surface area contributed by atoms with E-state index in [9.17, 15) is 8.78 Å². The van der Waals surface area contributed by atoms with Crippen LogP contribution in [0.15, 0.2) is 36.4 Å². The first-order valence-corrected chi connectivity index (χ1v) is 6.37. The molecule has 0 aliphatic carbocycles. The Morgan fingerprint density at radius 2 is 1.68 bits per heavy atom. The molecular weight excluding hydrogens is 291 g/mol. The Hall–Kier alpha value is -1.16. The van der Waals surface area contributed by atoms with Crippen LogP contribution in [0.5, 0.6) is 0 Å². The summed E-state index contributed by atoms with van der Waals surface area (Å²) in [6.07, 6.45) is 0.384. The molecule has 19 heavy (non-hydrogen) atoms. The molecule has 0 saturated carbocycles. The van der Waals surface area contributed by atoms with Gasteiger partial charge >= 0.3 is 0 Å². The molecule has 0 saturated heterocycles. The molecule has 0 bridgehead atoms. The van der Waals surface area contributed by atoms with E-state index >= 15 is 0 Å². The van der Waals surface area contributed by atoms with E-state index in [1.807, 2.05) is 0 Å². The van der Waals surface area contributed by atoms with Gasteiger partial charge in [0.25, 0.3) is 0 Å². The van der Waals surface area contributed by atoms with Crippen molar-refractivity contribution in [3.8, 4) is 0 Å². The van der Waals surface area contributed by atoms with Crippen LogP contribution in [-0.2, 0) is 6.42 Å². The molecule has 0 aliphatic heterocycles. The predicted octanol–water partition coefficient (Wildman–Crippen LogP) is 4.51. The van der Waals surface area contributed by atoms with Crippen molar-refractivity contribution in [3.63, 3.8) is 0 Å². The molecule has 0 heterocycles. The van der Waals surface area contributed by atoms with E-state index in [1.54, 1.807) is 18.2 Å². The third-order valence-corrected chi connectivity index (χ3v) is 3.55. The quantitative estimate of drug-likeness (QED) is 0.886. The molecule has 0 spiro atoms. The predicted molar refractivity (Wildman–Crippen MR) is 73.5 cm³/mol. The molecule has 100 valence electrons. The van der Waals surface area contributed by atoms with Gasteiger partial charge in [-0.3, -0.25) is 0 Å². The molecule has 1 atom stereocenters. The smallest absolute Gasteiger partial charge is 0.159 e. The minimum absolute atomic E-state index is 0.361. The zero-order chi connectivity index (χ0) is 14.0. The first kappa shape index (κ1) is 14.3. The zero-order valence-electron chi connectivity index (χ0n) is 9.84. The van der Waals surface area contributed by atoms with E-state index in [0.717, 1.165) is 17.7 Å². The van der Waals surface area contributed by atoms with Gasteiger partial charge in [0.1, 0.15) is 0 Å². The van der Waals surface area contributed by atoms with Gasteiger partial charge in [0.2, 0.25) is 0 Å². The van der Waals surface area contributed by atoms with E-state index in [4.69, 9.17) is 28.9 Å². The van der Waals surface area contributed by atoms with Crippen molar-refractivity contribution in [2.45, 2.75) is 12.5 Å². The second-order valence-corrected chi connectivity index (χ2v) is 5.05. The average molecular weight is 302 g/mol. The van der Waals surface area contributed by atoms with Crippen molar-refractivity contribution in [1.29, 1.82) is 0 Å². The SMILES string of the molecule is NC(Cc1ccc(F)c(F)c1)c1ccc(Cl)c(Cl)c1. The first-order chi connectivity index (χ1) is 8.97. The maximum absolute atomic E-state index is 13.1. The van der Waals surface area contributed by atoms with E-state index in [0.29, 0.717) is 22.0 Å². The largest absolute Gasteiger partial charge is 0.324 e. The fourth-order valence-electron chi connectivity index (χ4n) is 1.78. The third-order valence-electron chi connectivity index (χ3n) is 2.81. The van der Waals surface area contributed by atoms with Crippen molar-refractivity contribution in [2.24, 2.45) is 5.73 Å². The molecule has 0 aromatic heterocycles. The molecule has 0 aliphatic rings. The van der Waals surface area contributed by atoms with E-state index in [1.165, 1.54) is 6.07 Å². The van der Waals surface area contributed by atoms with Crippen LogP contribution in [-0.4, -0.2) is 0 Å². The lowest BCUT2D eigenvalue weighted by atomic mass is 9.99. The number of hydrogen-bond acceptors (Lipinski definition) is 1. The summed E-state index contributed by atoms with van der Waals surface area (Å²) in [6.45, 7) is 0. The summed E-state index contributed by atoms with van der Waals surface area (Å²) < 4.78 is 25.9. The monoisotopic (exact) mass is 301 g/mol. The summed E-state index contributed by atoms with van der Waals surface area (Å²) in [5.41, 5.74) is 7.43. The molecule has 0 amide bonds. The Bertz CT molecular complexity index is 602. The van der Waals surface area contributed by atoms with Gasteiger partial charge in [0.15, 0.2) is 11.6 Å². The zero-order valence-corrected chi connectivity index (χ0v) is 11.3. The van der Waals surface area contributed by atoms with Gasteiger partial charge in [0.05, 0.1) is 10.0 Å². The third kappa shape index (κ3) is 3.44. The molecule has 1 nitrogen and oxygen atoms in total. The Morgan fingerprint density at radius 1 is 0.947 bits per heavy atom. The summed E-state index contributed by atoms with van der Waals surface area (Å²) in [6, 6.07) is 8.48. The highest BCUT2D eigenvalue weighted by molar-refractivity contribution is 6.42. The number of hydrogen-bond donors (Lipinski definition) is 1. The summed E-state index contributed by atoms with van der Waals surface area (Å²) in [5, 5.41) is 0.866. The second kappa shape index (κ2) is 5.87. The molecule has 2 aromatic rings. The van der Waals surface area contributed by atoms with Crippen LogP contribution in [0, 0.1) is 11.6 Å². The minimum atomic E-state index is -0.876. The Kier molecular flexibility index (Phi) is 4.40. The highest BCUT2D eigenvalue weighted by Crippen LogP contribution is 2.26. The van der Waals surface area contributed by atoms with E-state index in [2.05, 4.69) is 0 Å². The lowest BCUT2D eigenvalue weighted by Crippen LogP contribution is -2.13. The van der Waals surface area contributed by atoms with Crippen molar-refractivity contribution < 1.29 is 8.78 Å². The molecular formula is C14H11Cl2F2N. The van der Waals surface area contributed by atoms with E-state index in [-0.39, 0.29) is 6.04 Å². The molecule has 2 rings (SSSR count). The average Bonchev–Trinajstić information content (AvgIpc) is 2.37. The molecule has 2 aromatic carbocycles. The van der Waals surface area contributed by atoms with Gasteiger partial charge < -0.3 is 5.73 Å². The van der Waals surface area contributed by atoms with Gasteiger partial charge in [-0.2, -0.15) is 0 Å². The minimum Gasteiger partial charge on any atom is -0.324 e. The second-order valence-electron chi connectivity index (χ2n) is 4.23. The van der Waals surface area contributed by atoms with Crippen molar-refractivity contribution in [2.75, 3.05) is 0 Å². The van der Waals surface area contributed by atoms with Gasteiger partial charge in [-0.05, 0) is 41.8 Å². The molecule has 5 heteroatoms. The molecule has 0 radical (unpaired) electrons. The maximum Gasteiger partial charge on any atom is 0.159 e. The fourth-order valence-corrected chi connectivity index (χ4v) is 2.09. The van der Waals surface area contributed by atoms with Crippen LogP contribution in [0.4, 0.5) is 8.78 Å². The van der Waals surface area contributed by atoms with Crippen LogP contribution < -0.4 is 5.73 Å². The number of rotatable bonds is 3. The Balaban J connectivity index is 2.17. The summed E-state index contributed by atoms with van der Waals surface area (Å²) >= 11 is 11.7. The van der Waals surface area contributed by atoms with Gasteiger partial charge in [-0.1, -0.05) is 35.3 Å². The molecule has 0 fully saturated rings. The number of benzene rings is 2. The summed E-state index contributed by atoms with van der Waals surface area (Å²) in [7, 11) is 0. The van der Waals surface area contributed by atoms with Crippen molar-refractivity contribution in [1.82, 2.24) is 0 Å². The van der Waals surface area contributed by atoms with Gasteiger partial charge in [-0.25, -0.2) is 8.78 Å². The fraction of sp³-hybridized carbons (Fsp3) is 0.143. The van der Waals surface area contributed by atoms with Gasteiger partial charge in [0, 0.05) is 6.04 Å². The topological polar surface area (TPSA) is 26.0 Å². The normalized spacial score (nSPS) is 12.5. The first-order valence-electron chi connectivity index (χ1n) is 5.62. The van der Waals surface area contributed by atoms with Crippen molar-refractivity contribution >= 4 is 23.2 Å². The highest BCUT2D eigenvalue weighted by Gasteiger charge is 2.11. The molecule has 2 N–H and O–H groups in total. The number of halogens is 4. The molecule has 1 unspecified atom stereocenters. The van der Waals surface area contributed by atoms with Crippen molar-refractivity contribution in [3.05, 3.63) is 69.2 Å². The highest BCUT2D eigenvalue weighted by atomic mass is 35.5. The lowest BCUT2D eigenvalue weighted by molar-refractivity contribution is 0.506. The van der Waals surface area contributed by atoms with Crippen LogP contribution in [0.25, 0.3) is 0 Å². The Labute approximate surface area is 119 Å². The Morgan fingerprint density at radius 3 is 2.32 bits per heavy atom. The standard InChI is InChI=1S/C14H11Cl2F2N/c15-10-3-2-9(7-11(10)16)14(19)6-8-1-4-12(17)13(18)5-8/h1-5,7,14H,6,19H2. The summed E-state index contributed by atoms with van der Waals surface area (Å²) in [5.74, 6) is -1.74. The van der Waals surface area contributed by atoms with Gasteiger partial charge in [-0.15, -0.1) is 0 Å².